The molecule has 0 spiro atoms. The van der Waals surface area contributed by atoms with Crippen LogP contribution in [0.15, 0.2) is 11.1 Å². The Balaban J connectivity index is 2.34. The van der Waals surface area contributed by atoms with Crippen molar-refractivity contribution in [1.82, 2.24) is 0 Å². The summed E-state index contributed by atoms with van der Waals surface area (Å²) >= 11 is 6.40. The van der Waals surface area contributed by atoms with Gasteiger partial charge in [-0.15, -0.1) is 0 Å². The fraction of sp³-hybridized carbons (Fsp3) is 0.800. The van der Waals surface area contributed by atoms with Gasteiger partial charge in [-0.1, -0.05) is 38.4 Å². The lowest BCUT2D eigenvalue weighted by molar-refractivity contribution is -0.164. The van der Waals surface area contributed by atoms with Crippen LogP contribution in [0.25, 0.3) is 0 Å². The highest BCUT2D eigenvalue weighted by atomic mass is 35.5. The summed E-state index contributed by atoms with van der Waals surface area (Å²) in [6, 6.07) is 0. The van der Waals surface area contributed by atoms with Crippen LogP contribution in [0.1, 0.15) is 53.4 Å². The van der Waals surface area contributed by atoms with Crippen LogP contribution in [0, 0.1) is 16.7 Å². The molecule has 18 heavy (non-hydrogen) atoms. The van der Waals surface area contributed by atoms with Crippen molar-refractivity contribution < 1.29 is 9.53 Å². The molecule has 2 rings (SSSR count). The summed E-state index contributed by atoms with van der Waals surface area (Å²) in [5.74, 6) is 0.320. The second-order valence-electron chi connectivity index (χ2n) is 6.57. The third-order valence-electron chi connectivity index (χ3n) is 5.01. The smallest absolute Gasteiger partial charge is 0.302 e. The number of carbonyl (C=O) groups is 1. The molecule has 0 bridgehead atoms. The van der Waals surface area contributed by atoms with Gasteiger partial charge >= 0.3 is 5.97 Å². The number of carbonyl (C=O) groups excluding carboxylic acids is 1. The number of hydrogen-bond acceptors (Lipinski definition) is 2. The Labute approximate surface area is 115 Å². The normalized spacial score (nSPS) is 38.6. The number of halogens is 1. The molecule has 0 aromatic heterocycles. The minimum Gasteiger partial charge on any atom is -0.462 e. The van der Waals surface area contributed by atoms with E-state index in [9.17, 15) is 4.79 Å². The third kappa shape index (κ3) is 2.09. The van der Waals surface area contributed by atoms with Crippen molar-refractivity contribution in [2.75, 3.05) is 0 Å². The summed E-state index contributed by atoms with van der Waals surface area (Å²) in [7, 11) is 0. The largest absolute Gasteiger partial charge is 0.462 e. The Hall–Kier alpha value is -0.500. The fourth-order valence-corrected chi connectivity index (χ4v) is 4.19. The molecular weight excluding hydrogens is 248 g/mol. The second-order valence-corrected chi connectivity index (χ2v) is 6.97. The lowest BCUT2D eigenvalue weighted by Crippen LogP contribution is -2.51. The van der Waals surface area contributed by atoms with Gasteiger partial charge in [0.15, 0.2) is 0 Å². The molecule has 2 aliphatic carbocycles. The Kier molecular flexibility index (Phi) is 3.52. The summed E-state index contributed by atoms with van der Waals surface area (Å²) in [5.41, 5.74) is 0.0270. The number of allylic oxidation sites excluding steroid dienone is 2. The van der Waals surface area contributed by atoms with Gasteiger partial charge in [0.2, 0.25) is 0 Å². The molecule has 0 aromatic rings. The summed E-state index contributed by atoms with van der Waals surface area (Å²) in [4.78, 5) is 11.3. The minimum absolute atomic E-state index is 0.00657. The van der Waals surface area contributed by atoms with Crippen LogP contribution in [0.4, 0.5) is 0 Å². The predicted molar refractivity (Wildman–Crippen MR) is 73.3 cm³/mol. The maximum atomic E-state index is 11.3. The van der Waals surface area contributed by atoms with Crippen molar-refractivity contribution in [3.8, 4) is 0 Å². The standard InChI is InChI=1S/C15H23ClO2/c1-10(17)18-13-7-5-6-11-14(2,3)12(16)8-9-15(11,13)4/h8,11,13H,5-7,9H2,1-4H3/t11-,13-,15-/m0/s1. The minimum atomic E-state index is -0.166. The van der Waals surface area contributed by atoms with Gasteiger partial charge in [0, 0.05) is 22.8 Å². The van der Waals surface area contributed by atoms with Crippen molar-refractivity contribution >= 4 is 17.6 Å². The van der Waals surface area contributed by atoms with Crippen molar-refractivity contribution in [3.05, 3.63) is 11.1 Å². The molecule has 1 fully saturated rings. The first-order valence-electron chi connectivity index (χ1n) is 6.82. The average Bonchev–Trinajstić information content (AvgIpc) is 2.26. The van der Waals surface area contributed by atoms with E-state index in [1.807, 2.05) is 0 Å². The number of esters is 1. The van der Waals surface area contributed by atoms with Crippen LogP contribution in [-0.2, 0) is 9.53 Å². The number of ether oxygens (including phenoxy) is 1. The van der Waals surface area contributed by atoms with E-state index < -0.39 is 0 Å². The Morgan fingerprint density at radius 2 is 2.06 bits per heavy atom. The van der Waals surface area contributed by atoms with Crippen molar-refractivity contribution in [2.24, 2.45) is 16.7 Å². The molecule has 0 aromatic carbocycles. The summed E-state index contributed by atoms with van der Waals surface area (Å²) < 4.78 is 5.58. The van der Waals surface area contributed by atoms with Crippen LogP contribution < -0.4 is 0 Å². The zero-order chi connectivity index (χ0) is 13.6. The Morgan fingerprint density at radius 3 is 2.67 bits per heavy atom. The lowest BCUT2D eigenvalue weighted by atomic mass is 9.53. The van der Waals surface area contributed by atoms with Crippen LogP contribution in [0.5, 0.6) is 0 Å². The Morgan fingerprint density at radius 1 is 1.39 bits per heavy atom. The number of fused-ring (bicyclic) bond motifs is 1. The molecule has 0 aliphatic heterocycles. The average molecular weight is 271 g/mol. The second kappa shape index (κ2) is 4.56. The SMILES string of the molecule is CC(=O)O[C@H]1CCC[C@H]2C(C)(C)C(Cl)=CC[C@]12C. The quantitative estimate of drug-likeness (QED) is 0.665. The van der Waals surface area contributed by atoms with Crippen LogP contribution >= 0.6 is 11.6 Å². The first-order chi connectivity index (χ1) is 8.28. The lowest BCUT2D eigenvalue weighted by Gasteiger charge is -2.55. The molecule has 0 unspecified atom stereocenters. The van der Waals surface area contributed by atoms with E-state index in [0.29, 0.717) is 5.92 Å². The maximum absolute atomic E-state index is 11.3. The van der Waals surface area contributed by atoms with Gasteiger partial charge in [-0.25, -0.2) is 0 Å². The molecule has 0 N–H and O–H groups in total. The van der Waals surface area contributed by atoms with Crippen LogP contribution in [0.3, 0.4) is 0 Å². The van der Waals surface area contributed by atoms with Gasteiger partial charge in [0.1, 0.15) is 6.10 Å². The number of rotatable bonds is 1. The van der Waals surface area contributed by atoms with Gasteiger partial charge in [-0.3, -0.25) is 4.79 Å². The van der Waals surface area contributed by atoms with E-state index in [2.05, 4.69) is 26.8 Å². The molecule has 3 atom stereocenters. The molecule has 0 heterocycles. The van der Waals surface area contributed by atoms with E-state index in [4.69, 9.17) is 16.3 Å². The zero-order valence-electron chi connectivity index (χ0n) is 11.8. The third-order valence-corrected chi connectivity index (χ3v) is 5.65. The fourth-order valence-electron chi connectivity index (χ4n) is 3.98. The monoisotopic (exact) mass is 270 g/mol. The van der Waals surface area contributed by atoms with Gasteiger partial charge < -0.3 is 4.74 Å². The van der Waals surface area contributed by atoms with Gasteiger partial charge in [-0.2, -0.15) is 0 Å². The van der Waals surface area contributed by atoms with E-state index in [1.54, 1.807) is 0 Å². The van der Waals surface area contributed by atoms with E-state index in [1.165, 1.54) is 13.3 Å². The highest BCUT2D eigenvalue weighted by molar-refractivity contribution is 6.30. The van der Waals surface area contributed by atoms with Crippen molar-refractivity contribution in [3.63, 3.8) is 0 Å². The predicted octanol–water partition coefficient (Wildman–Crippen LogP) is 4.28. The summed E-state index contributed by atoms with van der Waals surface area (Å²) in [6.45, 7) is 8.18. The summed E-state index contributed by atoms with van der Waals surface area (Å²) in [6.07, 6.45) is 6.34. The molecule has 0 radical (unpaired) electrons. The maximum Gasteiger partial charge on any atom is 0.302 e. The topological polar surface area (TPSA) is 26.3 Å². The molecule has 1 saturated carbocycles. The van der Waals surface area contributed by atoms with Crippen molar-refractivity contribution in [1.29, 1.82) is 0 Å². The molecule has 2 aliphatic rings. The van der Waals surface area contributed by atoms with Crippen LogP contribution in [-0.4, -0.2) is 12.1 Å². The van der Waals surface area contributed by atoms with Crippen LogP contribution in [0.2, 0.25) is 0 Å². The first kappa shape index (κ1) is 13.9. The van der Waals surface area contributed by atoms with E-state index in [0.717, 1.165) is 24.3 Å². The van der Waals surface area contributed by atoms with Gasteiger partial charge in [-0.05, 0) is 31.6 Å². The van der Waals surface area contributed by atoms with E-state index in [-0.39, 0.29) is 22.9 Å². The molecule has 102 valence electrons. The Bertz CT molecular complexity index is 386. The highest BCUT2D eigenvalue weighted by Gasteiger charge is 2.53. The van der Waals surface area contributed by atoms with Gasteiger partial charge in [0.05, 0.1) is 0 Å². The number of hydrogen-bond donors (Lipinski definition) is 0. The summed E-state index contributed by atoms with van der Waals surface area (Å²) in [5, 5.41) is 0.966. The van der Waals surface area contributed by atoms with Gasteiger partial charge in [0.25, 0.3) is 0 Å². The molecule has 2 nitrogen and oxygen atoms in total. The highest BCUT2D eigenvalue weighted by Crippen LogP contribution is 2.58. The molecule has 0 amide bonds. The van der Waals surface area contributed by atoms with Crippen molar-refractivity contribution in [2.45, 2.75) is 59.5 Å². The molecular formula is C15H23ClO2. The molecule has 3 heteroatoms. The molecule has 0 saturated heterocycles. The first-order valence-corrected chi connectivity index (χ1v) is 7.19. The zero-order valence-corrected chi connectivity index (χ0v) is 12.5. The van der Waals surface area contributed by atoms with E-state index >= 15 is 0 Å².